The smallest absolute Gasteiger partial charge is 0.127 e. The molecular weight excluding hydrogens is 252 g/mol. The predicted octanol–water partition coefficient (Wildman–Crippen LogP) is 5.49. The maximum atomic E-state index is 5.74. The van der Waals surface area contributed by atoms with Gasteiger partial charge < -0.3 is 4.74 Å². The van der Waals surface area contributed by atoms with Gasteiger partial charge in [0.2, 0.25) is 0 Å². The van der Waals surface area contributed by atoms with E-state index in [2.05, 4.69) is 13.5 Å². The molecule has 0 aliphatic rings. The molecule has 0 fully saturated rings. The van der Waals surface area contributed by atoms with Crippen LogP contribution in [0.1, 0.15) is 25.3 Å². The van der Waals surface area contributed by atoms with Crippen molar-refractivity contribution < 1.29 is 4.74 Å². The van der Waals surface area contributed by atoms with Crippen molar-refractivity contribution in [2.24, 2.45) is 0 Å². The lowest BCUT2D eigenvalue weighted by Crippen LogP contribution is -1.93. The molecule has 0 radical (unpaired) electrons. The Morgan fingerprint density at radius 1 is 1.53 bits per heavy atom. The number of unbranched alkanes of at least 4 members (excludes halogenated alkanes) is 1. The Balaban J connectivity index is 2.80. The van der Waals surface area contributed by atoms with Crippen LogP contribution in [0.2, 0.25) is 0 Å². The van der Waals surface area contributed by atoms with Gasteiger partial charge in [0, 0.05) is 4.90 Å². The summed E-state index contributed by atoms with van der Waals surface area (Å²) in [6.45, 7) is 7.90. The summed E-state index contributed by atoms with van der Waals surface area (Å²) in [4.78, 5) is 1.05. The number of aryl methyl sites for hydroxylation is 1. The molecule has 0 bridgehead atoms. The molecule has 1 aromatic carbocycles. The number of halogens is 1. The van der Waals surface area contributed by atoms with E-state index < -0.39 is 0 Å². The Kier molecular flexibility index (Phi) is 6.23. The number of rotatable bonds is 6. The van der Waals surface area contributed by atoms with E-state index in [-0.39, 0.29) is 0 Å². The molecule has 0 aromatic heterocycles. The fourth-order valence-electron chi connectivity index (χ4n) is 1.36. The van der Waals surface area contributed by atoms with Crippen molar-refractivity contribution in [2.45, 2.75) is 31.6 Å². The first kappa shape index (κ1) is 14.2. The number of benzene rings is 1. The summed E-state index contributed by atoms with van der Waals surface area (Å²) in [5, 5.41) is 0. The van der Waals surface area contributed by atoms with Crippen molar-refractivity contribution in [3.05, 3.63) is 48.3 Å². The van der Waals surface area contributed by atoms with Gasteiger partial charge in [-0.15, -0.1) is 0 Å². The van der Waals surface area contributed by atoms with Crippen LogP contribution in [0.25, 0.3) is 0 Å². The molecule has 0 unspecified atom stereocenters. The molecule has 3 heteroatoms. The minimum absolute atomic E-state index is 0.803. The highest BCUT2D eigenvalue weighted by molar-refractivity contribution is 8.21. The zero-order chi connectivity index (χ0) is 12.7. The zero-order valence-electron chi connectivity index (χ0n) is 10.2. The standard InChI is InChI=1S/C14H17ClOS/c1-4-6-7-12(5-2)16-13-8-9-14(17-15)11(3)10-13/h5,7-10H,2,4,6H2,1,3H3/b12-7+. The van der Waals surface area contributed by atoms with Crippen LogP contribution in [0.5, 0.6) is 5.75 Å². The van der Waals surface area contributed by atoms with Gasteiger partial charge in [0.15, 0.2) is 0 Å². The van der Waals surface area contributed by atoms with E-state index in [9.17, 15) is 0 Å². The molecule has 0 saturated carbocycles. The second-order valence-electron chi connectivity index (χ2n) is 3.71. The van der Waals surface area contributed by atoms with Crippen LogP contribution in [0.15, 0.2) is 47.6 Å². The summed E-state index contributed by atoms with van der Waals surface area (Å²) in [5.74, 6) is 1.62. The van der Waals surface area contributed by atoms with Crippen molar-refractivity contribution in [2.75, 3.05) is 0 Å². The van der Waals surface area contributed by atoms with Crippen molar-refractivity contribution in [1.82, 2.24) is 0 Å². The van der Waals surface area contributed by atoms with Crippen LogP contribution in [0, 0.1) is 6.92 Å². The molecule has 0 aliphatic heterocycles. The zero-order valence-corrected chi connectivity index (χ0v) is 11.8. The summed E-state index contributed by atoms with van der Waals surface area (Å²) in [7, 11) is 6.96. The number of ether oxygens (including phenoxy) is 1. The molecule has 17 heavy (non-hydrogen) atoms. The molecule has 0 heterocycles. The second-order valence-corrected chi connectivity index (χ2v) is 4.76. The monoisotopic (exact) mass is 268 g/mol. The first-order chi connectivity index (χ1) is 8.21. The molecule has 0 saturated heterocycles. The van der Waals surface area contributed by atoms with E-state index >= 15 is 0 Å². The quantitative estimate of drug-likeness (QED) is 0.498. The molecule has 92 valence electrons. The van der Waals surface area contributed by atoms with Crippen molar-refractivity contribution in [3.8, 4) is 5.75 Å². The largest absolute Gasteiger partial charge is 0.458 e. The van der Waals surface area contributed by atoms with Crippen molar-refractivity contribution in [3.63, 3.8) is 0 Å². The van der Waals surface area contributed by atoms with E-state index in [1.807, 2.05) is 31.2 Å². The highest BCUT2D eigenvalue weighted by Gasteiger charge is 2.02. The first-order valence-corrected chi connectivity index (χ1v) is 7.25. The Hall–Kier alpha value is -0.860. The summed E-state index contributed by atoms with van der Waals surface area (Å²) in [6.07, 6.45) is 5.87. The lowest BCUT2D eigenvalue weighted by atomic mass is 10.2. The van der Waals surface area contributed by atoms with Gasteiger partial charge in [-0.3, -0.25) is 0 Å². The first-order valence-electron chi connectivity index (χ1n) is 5.61. The van der Waals surface area contributed by atoms with Gasteiger partial charge in [0.1, 0.15) is 11.5 Å². The van der Waals surface area contributed by atoms with Crippen LogP contribution < -0.4 is 4.74 Å². The lowest BCUT2D eigenvalue weighted by molar-refractivity contribution is 0.441. The van der Waals surface area contributed by atoms with Crippen LogP contribution in [-0.2, 0) is 0 Å². The van der Waals surface area contributed by atoms with Gasteiger partial charge >= 0.3 is 0 Å². The van der Waals surface area contributed by atoms with E-state index in [1.54, 1.807) is 6.08 Å². The minimum atomic E-state index is 0.803. The fraction of sp³-hybridized carbons (Fsp3) is 0.286. The summed E-state index contributed by atoms with van der Waals surface area (Å²) in [5.41, 5.74) is 1.11. The van der Waals surface area contributed by atoms with Gasteiger partial charge in [-0.1, -0.05) is 19.9 Å². The molecule has 0 atom stereocenters. The average Bonchev–Trinajstić information content (AvgIpc) is 2.34. The van der Waals surface area contributed by atoms with Crippen molar-refractivity contribution >= 4 is 21.7 Å². The predicted molar refractivity (Wildman–Crippen MR) is 76.7 cm³/mol. The molecule has 0 amide bonds. The molecular formula is C14H17ClOS. The highest BCUT2D eigenvalue weighted by atomic mass is 35.7. The van der Waals surface area contributed by atoms with Gasteiger partial charge in [-0.05, 0) is 70.9 Å². The Bertz CT molecular complexity index is 413. The molecule has 1 aromatic rings. The molecule has 1 rings (SSSR count). The summed E-state index contributed by atoms with van der Waals surface area (Å²) < 4.78 is 5.74. The highest BCUT2D eigenvalue weighted by Crippen LogP contribution is 2.29. The Morgan fingerprint density at radius 2 is 2.29 bits per heavy atom. The third kappa shape index (κ3) is 4.49. The van der Waals surface area contributed by atoms with Gasteiger partial charge in [-0.2, -0.15) is 0 Å². The van der Waals surface area contributed by atoms with Gasteiger partial charge in [0.05, 0.1) is 0 Å². The average molecular weight is 269 g/mol. The maximum absolute atomic E-state index is 5.74. The van der Waals surface area contributed by atoms with Crippen LogP contribution >= 0.6 is 21.7 Å². The maximum Gasteiger partial charge on any atom is 0.127 e. The van der Waals surface area contributed by atoms with E-state index in [0.717, 1.165) is 34.8 Å². The van der Waals surface area contributed by atoms with Crippen LogP contribution in [0.3, 0.4) is 0 Å². The van der Waals surface area contributed by atoms with Crippen molar-refractivity contribution in [1.29, 1.82) is 0 Å². The lowest BCUT2D eigenvalue weighted by Gasteiger charge is -2.08. The van der Waals surface area contributed by atoms with Gasteiger partial charge in [-0.25, -0.2) is 0 Å². The topological polar surface area (TPSA) is 9.23 Å². The third-order valence-corrected chi connectivity index (χ3v) is 3.42. The minimum Gasteiger partial charge on any atom is -0.458 e. The van der Waals surface area contributed by atoms with Crippen LogP contribution in [-0.4, -0.2) is 0 Å². The molecule has 0 spiro atoms. The number of hydrogen-bond acceptors (Lipinski definition) is 2. The summed E-state index contributed by atoms with van der Waals surface area (Å²) >= 11 is 0. The van der Waals surface area contributed by atoms with E-state index in [0.29, 0.717) is 0 Å². The normalized spacial score (nSPS) is 11.4. The third-order valence-electron chi connectivity index (χ3n) is 2.30. The van der Waals surface area contributed by atoms with E-state index in [4.69, 9.17) is 15.4 Å². The SMILES string of the molecule is C=C/C(=C\CCC)Oc1ccc(SCl)c(C)c1. The van der Waals surface area contributed by atoms with Crippen LogP contribution in [0.4, 0.5) is 0 Å². The number of allylic oxidation sites excluding steroid dienone is 2. The summed E-state index contributed by atoms with van der Waals surface area (Å²) in [6, 6.07) is 5.86. The Labute approximate surface area is 112 Å². The van der Waals surface area contributed by atoms with Gasteiger partial charge in [0.25, 0.3) is 0 Å². The molecule has 0 aliphatic carbocycles. The fourth-order valence-corrected chi connectivity index (χ4v) is 2.18. The Morgan fingerprint density at radius 3 is 2.82 bits per heavy atom. The number of hydrogen-bond donors (Lipinski definition) is 0. The second kappa shape index (κ2) is 7.46. The molecule has 0 N–H and O–H groups in total. The van der Waals surface area contributed by atoms with E-state index in [1.165, 1.54) is 11.0 Å². The molecule has 1 nitrogen and oxygen atoms in total.